The van der Waals surface area contributed by atoms with E-state index >= 15 is 0 Å². The van der Waals surface area contributed by atoms with Gasteiger partial charge >= 0.3 is 5.97 Å². The Balaban J connectivity index is 2.85. The van der Waals surface area contributed by atoms with Gasteiger partial charge in [-0.25, -0.2) is 9.18 Å². The van der Waals surface area contributed by atoms with Gasteiger partial charge in [0.2, 0.25) is 0 Å². The average Bonchev–Trinajstić information content (AvgIpc) is 2.40. The van der Waals surface area contributed by atoms with Gasteiger partial charge in [-0.05, 0) is 38.0 Å². The SMILES string of the molecule is CCCC(Oc1ccc([C@@H](C)O)cc1F)C(=O)OCC. The van der Waals surface area contributed by atoms with E-state index in [4.69, 9.17) is 9.47 Å². The van der Waals surface area contributed by atoms with Crippen LogP contribution in [0.1, 0.15) is 45.3 Å². The lowest BCUT2D eigenvalue weighted by Crippen LogP contribution is -2.29. The molecule has 0 aliphatic carbocycles. The maximum Gasteiger partial charge on any atom is 0.347 e. The molecule has 5 heteroatoms. The van der Waals surface area contributed by atoms with Crippen molar-refractivity contribution in [2.75, 3.05) is 6.61 Å². The maximum absolute atomic E-state index is 13.9. The number of carbonyl (C=O) groups excluding carboxylic acids is 1. The van der Waals surface area contributed by atoms with E-state index in [1.54, 1.807) is 19.9 Å². The van der Waals surface area contributed by atoms with Crippen LogP contribution in [0.25, 0.3) is 0 Å². The van der Waals surface area contributed by atoms with E-state index in [1.165, 1.54) is 12.1 Å². The zero-order valence-corrected chi connectivity index (χ0v) is 12.1. The Bertz CT molecular complexity index is 445. The van der Waals surface area contributed by atoms with Gasteiger partial charge in [0.25, 0.3) is 0 Å². The maximum atomic E-state index is 13.9. The van der Waals surface area contributed by atoms with E-state index in [0.29, 0.717) is 12.0 Å². The highest BCUT2D eigenvalue weighted by atomic mass is 19.1. The molecule has 0 heterocycles. The monoisotopic (exact) mass is 284 g/mol. The number of benzene rings is 1. The molecular formula is C15H21FO4. The van der Waals surface area contributed by atoms with Gasteiger partial charge in [-0.3, -0.25) is 0 Å². The van der Waals surface area contributed by atoms with Crippen molar-refractivity contribution in [3.8, 4) is 5.75 Å². The van der Waals surface area contributed by atoms with E-state index in [9.17, 15) is 14.3 Å². The Morgan fingerprint density at radius 1 is 1.40 bits per heavy atom. The molecular weight excluding hydrogens is 263 g/mol. The predicted octanol–water partition coefficient (Wildman–Crippen LogP) is 2.99. The van der Waals surface area contributed by atoms with Gasteiger partial charge in [0.05, 0.1) is 12.7 Å². The summed E-state index contributed by atoms with van der Waals surface area (Å²) in [4.78, 5) is 11.7. The predicted molar refractivity (Wildman–Crippen MR) is 73.0 cm³/mol. The fraction of sp³-hybridized carbons (Fsp3) is 0.533. The van der Waals surface area contributed by atoms with Crippen LogP contribution in [0, 0.1) is 5.82 Å². The standard InChI is InChI=1S/C15H21FO4/c1-4-6-14(15(18)19-5-2)20-13-8-7-11(10(3)17)9-12(13)16/h7-10,14,17H,4-6H2,1-3H3/t10-,14?/m1/s1. The first-order chi connectivity index (χ1) is 9.49. The quantitative estimate of drug-likeness (QED) is 0.782. The van der Waals surface area contributed by atoms with E-state index in [0.717, 1.165) is 6.42 Å². The highest BCUT2D eigenvalue weighted by Gasteiger charge is 2.22. The Labute approximate surface area is 118 Å². The summed E-state index contributed by atoms with van der Waals surface area (Å²) >= 11 is 0. The minimum Gasteiger partial charge on any atom is -0.476 e. The second-order valence-corrected chi connectivity index (χ2v) is 4.51. The molecule has 1 aromatic rings. The zero-order chi connectivity index (χ0) is 15.1. The van der Waals surface area contributed by atoms with Crippen LogP contribution in [0.4, 0.5) is 4.39 Å². The molecule has 0 aliphatic rings. The third kappa shape index (κ3) is 4.49. The number of hydrogen-bond donors (Lipinski definition) is 1. The Morgan fingerprint density at radius 2 is 2.10 bits per heavy atom. The van der Waals surface area contributed by atoms with Gasteiger partial charge in [0.1, 0.15) is 0 Å². The lowest BCUT2D eigenvalue weighted by molar-refractivity contribution is -0.151. The highest BCUT2D eigenvalue weighted by Crippen LogP contribution is 2.24. The Kier molecular flexibility index (Phi) is 6.45. The molecule has 0 amide bonds. The van der Waals surface area contributed by atoms with E-state index in [1.807, 2.05) is 6.92 Å². The molecule has 1 aromatic carbocycles. The highest BCUT2D eigenvalue weighted by molar-refractivity contribution is 5.75. The van der Waals surface area contributed by atoms with Crippen molar-refractivity contribution < 1.29 is 23.8 Å². The Hall–Kier alpha value is -1.62. The van der Waals surface area contributed by atoms with E-state index < -0.39 is 24.0 Å². The van der Waals surface area contributed by atoms with Crippen LogP contribution in [0.3, 0.4) is 0 Å². The first-order valence-corrected chi connectivity index (χ1v) is 6.80. The van der Waals surface area contributed by atoms with Crippen LogP contribution in [-0.4, -0.2) is 23.8 Å². The lowest BCUT2D eigenvalue weighted by Gasteiger charge is -2.18. The number of rotatable bonds is 7. The molecule has 4 nitrogen and oxygen atoms in total. The van der Waals surface area contributed by atoms with Crippen molar-refractivity contribution >= 4 is 5.97 Å². The second-order valence-electron chi connectivity index (χ2n) is 4.51. The fourth-order valence-electron chi connectivity index (χ4n) is 1.75. The largest absolute Gasteiger partial charge is 0.476 e. The summed E-state index contributed by atoms with van der Waals surface area (Å²) in [5.74, 6) is -1.11. The van der Waals surface area contributed by atoms with Crippen molar-refractivity contribution in [1.82, 2.24) is 0 Å². The number of carbonyl (C=O) groups is 1. The smallest absolute Gasteiger partial charge is 0.347 e. The third-order valence-corrected chi connectivity index (χ3v) is 2.81. The molecule has 20 heavy (non-hydrogen) atoms. The van der Waals surface area contributed by atoms with Crippen LogP contribution >= 0.6 is 0 Å². The van der Waals surface area contributed by atoms with Gasteiger partial charge in [0, 0.05) is 0 Å². The summed E-state index contributed by atoms with van der Waals surface area (Å²) in [5.41, 5.74) is 0.457. The summed E-state index contributed by atoms with van der Waals surface area (Å²) in [5, 5.41) is 9.38. The summed E-state index contributed by atoms with van der Waals surface area (Å²) in [6.45, 7) is 5.42. The van der Waals surface area contributed by atoms with Crippen LogP contribution in [0.2, 0.25) is 0 Å². The number of hydrogen-bond acceptors (Lipinski definition) is 4. The van der Waals surface area contributed by atoms with Gasteiger partial charge in [-0.1, -0.05) is 19.4 Å². The van der Waals surface area contributed by atoms with Gasteiger partial charge in [-0.15, -0.1) is 0 Å². The first kappa shape index (κ1) is 16.4. The van der Waals surface area contributed by atoms with Gasteiger partial charge in [0.15, 0.2) is 17.7 Å². The first-order valence-electron chi connectivity index (χ1n) is 6.80. The van der Waals surface area contributed by atoms with Crippen LogP contribution in [0.5, 0.6) is 5.75 Å². The molecule has 1 rings (SSSR count). The number of esters is 1. The summed E-state index contributed by atoms with van der Waals surface area (Å²) < 4.78 is 24.2. The van der Waals surface area contributed by atoms with E-state index in [2.05, 4.69) is 0 Å². The summed E-state index contributed by atoms with van der Waals surface area (Å²) in [6, 6.07) is 4.19. The summed E-state index contributed by atoms with van der Waals surface area (Å²) in [6.07, 6.45) is -0.394. The molecule has 0 aliphatic heterocycles. The number of ether oxygens (including phenoxy) is 2. The molecule has 1 unspecified atom stereocenters. The van der Waals surface area contributed by atoms with Crippen molar-refractivity contribution in [2.24, 2.45) is 0 Å². The van der Waals surface area contributed by atoms with Crippen molar-refractivity contribution in [2.45, 2.75) is 45.8 Å². The molecule has 0 aromatic heterocycles. The fourth-order valence-corrected chi connectivity index (χ4v) is 1.75. The normalized spacial score (nSPS) is 13.7. The van der Waals surface area contributed by atoms with E-state index in [-0.39, 0.29) is 12.4 Å². The zero-order valence-electron chi connectivity index (χ0n) is 12.1. The molecule has 2 atom stereocenters. The van der Waals surface area contributed by atoms with Crippen molar-refractivity contribution in [1.29, 1.82) is 0 Å². The molecule has 0 bridgehead atoms. The molecule has 0 fully saturated rings. The second kappa shape index (κ2) is 7.85. The van der Waals surface area contributed by atoms with Crippen LogP contribution in [-0.2, 0) is 9.53 Å². The average molecular weight is 284 g/mol. The topological polar surface area (TPSA) is 55.8 Å². The van der Waals surface area contributed by atoms with Crippen LogP contribution in [0.15, 0.2) is 18.2 Å². The number of aliphatic hydroxyl groups excluding tert-OH is 1. The molecule has 0 saturated heterocycles. The van der Waals surface area contributed by atoms with Crippen molar-refractivity contribution in [3.63, 3.8) is 0 Å². The van der Waals surface area contributed by atoms with Gasteiger partial charge in [-0.2, -0.15) is 0 Å². The molecule has 0 spiro atoms. The summed E-state index contributed by atoms with van der Waals surface area (Å²) in [7, 11) is 0. The molecule has 1 N–H and O–H groups in total. The third-order valence-electron chi connectivity index (χ3n) is 2.81. The minimum absolute atomic E-state index is 0.0131. The van der Waals surface area contributed by atoms with Crippen LogP contribution < -0.4 is 4.74 Å². The molecule has 0 saturated carbocycles. The number of aliphatic hydroxyl groups is 1. The van der Waals surface area contributed by atoms with Gasteiger partial charge < -0.3 is 14.6 Å². The lowest BCUT2D eigenvalue weighted by atomic mass is 10.1. The number of halogens is 1. The molecule has 0 radical (unpaired) electrons. The van der Waals surface area contributed by atoms with Crippen molar-refractivity contribution in [3.05, 3.63) is 29.6 Å². The molecule has 112 valence electrons. The Morgan fingerprint density at radius 3 is 2.60 bits per heavy atom. The minimum atomic E-state index is -0.813.